The Labute approximate surface area is 83.7 Å². The highest BCUT2D eigenvalue weighted by Crippen LogP contribution is 2.33. The molecule has 0 atom stereocenters. The standard InChI is InChI=1S/C10H7F3O2/c11-10(12,13)7-1-2-9-6(3-7)4-8(14)5-15-9/h1-3H,4-5H2. The van der Waals surface area contributed by atoms with E-state index in [2.05, 4.69) is 0 Å². The maximum atomic E-state index is 12.3. The molecule has 5 heteroatoms. The smallest absolute Gasteiger partial charge is 0.416 e. The lowest BCUT2D eigenvalue weighted by molar-refractivity contribution is -0.137. The second-order valence-corrected chi connectivity index (χ2v) is 3.32. The Morgan fingerprint density at radius 3 is 2.67 bits per heavy atom. The van der Waals surface area contributed by atoms with Crippen molar-refractivity contribution in [2.24, 2.45) is 0 Å². The highest BCUT2D eigenvalue weighted by Gasteiger charge is 2.31. The largest absolute Gasteiger partial charge is 0.486 e. The van der Waals surface area contributed by atoms with Gasteiger partial charge in [0, 0.05) is 12.0 Å². The highest BCUT2D eigenvalue weighted by atomic mass is 19.4. The molecular weight excluding hydrogens is 209 g/mol. The second kappa shape index (κ2) is 3.25. The number of hydrogen-bond donors (Lipinski definition) is 0. The number of halogens is 3. The van der Waals surface area contributed by atoms with Crippen molar-refractivity contribution in [1.82, 2.24) is 0 Å². The molecule has 0 fully saturated rings. The average Bonchev–Trinajstić information content (AvgIpc) is 2.15. The minimum Gasteiger partial charge on any atom is -0.486 e. The van der Waals surface area contributed by atoms with Crippen molar-refractivity contribution in [2.75, 3.05) is 6.61 Å². The van der Waals surface area contributed by atoms with Crippen LogP contribution in [0.5, 0.6) is 5.75 Å². The first-order valence-electron chi connectivity index (χ1n) is 4.31. The minimum absolute atomic E-state index is 0.0131. The molecular formula is C10H7F3O2. The number of benzene rings is 1. The Kier molecular flexibility index (Phi) is 2.17. The van der Waals surface area contributed by atoms with Crippen LogP contribution in [0.1, 0.15) is 11.1 Å². The molecule has 1 heterocycles. The zero-order chi connectivity index (χ0) is 11.1. The summed E-state index contributed by atoms with van der Waals surface area (Å²) in [5, 5.41) is 0. The zero-order valence-corrected chi connectivity index (χ0v) is 7.60. The predicted molar refractivity (Wildman–Crippen MR) is 45.7 cm³/mol. The normalized spacial score (nSPS) is 15.8. The molecule has 2 nitrogen and oxygen atoms in total. The van der Waals surface area contributed by atoms with Gasteiger partial charge in [0.2, 0.25) is 0 Å². The number of Topliss-reactive ketones (excluding diaryl/α,β-unsaturated/α-hetero) is 1. The predicted octanol–water partition coefficient (Wildman–Crippen LogP) is 2.21. The molecule has 0 saturated heterocycles. The monoisotopic (exact) mass is 216 g/mol. The third-order valence-corrected chi connectivity index (χ3v) is 2.16. The number of rotatable bonds is 0. The summed E-state index contributed by atoms with van der Waals surface area (Å²) >= 11 is 0. The van der Waals surface area contributed by atoms with Crippen molar-refractivity contribution in [3.8, 4) is 5.75 Å². The lowest BCUT2D eigenvalue weighted by atomic mass is 10.0. The Balaban J connectivity index is 2.41. The number of alkyl halides is 3. The van der Waals surface area contributed by atoms with E-state index in [1.165, 1.54) is 6.07 Å². The van der Waals surface area contributed by atoms with Gasteiger partial charge in [-0.1, -0.05) is 0 Å². The van der Waals surface area contributed by atoms with Gasteiger partial charge in [0.15, 0.2) is 5.78 Å². The Hall–Kier alpha value is -1.52. The molecule has 0 bridgehead atoms. The molecule has 1 aromatic rings. The van der Waals surface area contributed by atoms with Gasteiger partial charge in [-0.05, 0) is 18.2 Å². The second-order valence-electron chi connectivity index (χ2n) is 3.32. The first-order valence-corrected chi connectivity index (χ1v) is 4.31. The number of carbonyl (C=O) groups excluding carboxylic acids is 1. The maximum Gasteiger partial charge on any atom is 0.416 e. The van der Waals surface area contributed by atoms with Gasteiger partial charge < -0.3 is 4.74 Å². The molecule has 15 heavy (non-hydrogen) atoms. The number of ether oxygens (including phenoxy) is 1. The minimum atomic E-state index is -4.38. The van der Waals surface area contributed by atoms with Crippen LogP contribution in [0.25, 0.3) is 0 Å². The van der Waals surface area contributed by atoms with E-state index >= 15 is 0 Å². The van der Waals surface area contributed by atoms with E-state index in [0.29, 0.717) is 11.3 Å². The average molecular weight is 216 g/mol. The lowest BCUT2D eigenvalue weighted by Gasteiger charge is -2.17. The van der Waals surface area contributed by atoms with Crippen LogP contribution in [-0.4, -0.2) is 12.4 Å². The van der Waals surface area contributed by atoms with Crippen molar-refractivity contribution in [3.05, 3.63) is 29.3 Å². The molecule has 0 N–H and O–H groups in total. The summed E-state index contributed by atoms with van der Waals surface area (Å²) in [6.45, 7) is -0.0572. The van der Waals surface area contributed by atoms with Gasteiger partial charge in [0.1, 0.15) is 12.4 Å². The van der Waals surface area contributed by atoms with Crippen molar-refractivity contribution in [3.63, 3.8) is 0 Å². The number of hydrogen-bond acceptors (Lipinski definition) is 2. The molecule has 0 unspecified atom stereocenters. The van der Waals surface area contributed by atoms with Crippen LogP contribution in [-0.2, 0) is 17.4 Å². The van der Waals surface area contributed by atoms with Crippen molar-refractivity contribution in [2.45, 2.75) is 12.6 Å². The van der Waals surface area contributed by atoms with E-state index in [4.69, 9.17) is 4.74 Å². The van der Waals surface area contributed by atoms with Gasteiger partial charge in [0.25, 0.3) is 0 Å². The lowest BCUT2D eigenvalue weighted by Crippen LogP contribution is -2.20. The quantitative estimate of drug-likeness (QED) is 0.664. The Morgan fingerprint density at radius 1 is 1.27 bits per heavy atom. The molecule has 0 radical (unpaired) electrons. The van der Waals surface area contributed by atoms with Gasteiger partial charge >= 0.3 is 6.18 Å². The molecule has 1 aromatic carbocycles. The van der Waals surface area contributed by atoms with Crippen LogP contribution in [0.2, 0.25) is 0 Å². The molecule has 0 aliphatic carbocycles. The molecule has 0 amide bonds. The SMILES string of the molecule is O=C1COc2ccc(C(F)(F)F)cc2C1. The van der Waals surface area contributed by atoms with Crippen molar-refractivity contribution >= 4 is 5.78 Å². The van der Waals surface area contributed by atoms with E-state index < -0.39 is 11.7 Å². The van der Waals surface area contributed by atoms with E-state index in [0.717, 1.165) is 12.1 Å². The van der Waals surface area contributed by atoms with Gasteiger partial charge in [0.05, 0.1) is 5.56 Å². The van der Waals surface area contributed by atoms with E-state index in [-0.39, 0.29) is 18.8 Å². The fourth-order valence-corrected chi connectivity index (χ4v) is 1.46. The Bertz CT molecular complexity index is 410. The molecule has 2 rings (SSSR count). The zero-order valence-electron chi connectivity index (χ0n) is 7.60. The molecule has 1 aliphatic heterocycles. The molecule has 0 aromatic heterocycles. The van der Waals surface area contributed by atoms with E-state index in [1.54, 1.807) is 0 Å². The van der Waals surface area contributed by atoms with Gasteiger partial charge in [-0.3, -0.25) is 4.79 Å². The summed E-state index contributed by atoms with van der Waals surface area (Å²) in [7, 11) is 0. The first kappa shape index (κ1) is 10.0. The molecule has 80 valence electrons. The van der Waals surface area contributed by atoms with Crippen molar-refractivity contribution < 1.29 is 22.7 Å². The molecule has 1 aliphatic rings. The summed E-state index contributed by atoms with van der Waals surface area (Å²) in [6, 6.07) is 3.17. The third kappa shape index (κ3) is 1.95. The molecule has 0 spiro atoms. The van der Waals surface area contributed by atoms with Crippen LogP contribution in [0, 0.1) is 0 Å². The number of fused-ring (bicyclic) bond motifs is 1. The van der Waals surface area contributed by atoms with Gasteiger partial charge in [-0.2, -0.15) is 13.2 Å². The van der Waals surface area contributed by atoms with Crippen LogP contribution < -0.4 is 4.74 Å². The maximum absolute atomic E-state index is 12.3. The fraction of sp³-hybridized carbons (Fsp3) is 0.300. The van der Waals surface area contributed by atoms with Crippen LogP contribution in [0.4, 0.5) is 13.2 Å². The Morgan fingerprint density at radius 2 is 2.00 bits per heavy atom. The molecule has 0 saturated carbocycles. The summed E-state index contributed by atoms with van der Waals surface area (Å²) in [5.74, 6) is 0.157. The summed E-state index contributed by atoms with van der Waals surface area (Å²) < 4.78 is 42.0. The van der Waals surface area contributed by atoms with Gasteiger partial charge in [-0.25, -0.2) is 0 Å². The fourth-order valence-electron chi connectivity index (χ4n) is 1.46. The summed E-state index contributed by atoms with van der Waals surface area (Å²) in [6.07, 6.45) is -4.37. The van der Waals surface area contributed by atoms with Crippen molar-refractivity contribution in [1.29, 1.82) is 0 Å². The number of ketones is 1. The summed E-state index contributed by atoms with van der Waals surface area (Å²) in [4.78, 5) is 11.0. The topological polar surface area (TPSA) is 26.3 Å². The van der Waals surface area contributed by atoms with Crippen LogP contribution in [0.15, 0.2) is 18.2 Å². The third-order valence-electron chi connectivity index (χ3n) is 2.16. The van der Waals surface area contributed by atoms with Crippen LogP contribution >= 0.6 is 0 Å². The van der Waals surface area contributed by atoms with E-state index in [1.807, 2.05) is 0 Å². The van der Waals surface area contributed by atoms with E-state index in [9.17, 15) is 18.0 Å². The van der Waals surface area contributed by atoms with Gasteiger partial charge in [-0.15, -0.1) is 0 Å². The summed E-state index contributed by atoms with van der Waals surface area (Å²) in [5.41, 5.74) is -0.444. The van der Waals surface area contributed by atoms with Crippen LogP contribution in [0.3, 0.4) is 0 Å². The highest BCUT2D eigenvalue weighted by molar-refractivity contribution is 5.84. The number of carbonyl (C=O) groups is 1. The first-order chi connectivity index (χ1) is 6.97.